The van der Waals surface area contributed by atoms with E-state index in [0.29, 0.717) is 18.2 Å². The highest BCUT2D eigenvalue weighted by Gasteiger charge is 2.25. The summed E-state index contributed by atoms with van der Waals surface area (Å²) in [5.41, 5.74) is 6.64. The van der Waals surface area contributed by atoms with E-state index in [0.717, 1.165) is 5.56 Å². The number of hydrogen-bond acceptors (Lipinski definition) is 5. The van der Waals surface area contributed by atoms with Crippen molar-refractivity contribution < 1.29 is 4.74 Å². The van der Waals surface area contributed by atoms with E-state index in [2.05, 4.69) is 15.3 Å². The van der Waals surface area contributed by atoms with E-state index in [-0.39, 0.29) is 5.54 Å². The third-order valence-corrected chi connectivity index (χ3v) is 3.07. The molecule has 0 fully saturated rings. The molecule has 0 aliphatic rings. The molecule has 0 aliphatic carbocycles. The number of nitrogens with one attached hydrogen (secondary N) is 1. The van der Waals surface area contributed by atoms with Crippen molar-refractivity contribution in [2.24, 2.45) is 5.73 Å². The average molecular weight is 258 g/mol. The zero-order valence-electron chi connectivity index (χ0n) is 11.1. The molecule has 19 heavy (non-hydrogen) atoms. The first-order chi connectivity index (χ1) is 9.18. The van der Waals surface area contributed by atoms with Crippen molar-refractivity contribution >= 4 is 5.82 Å². The molecule has 2 rings (SSSR count). The Morgan fingerprint density at radius 1 is 1.26 bits per heavy atom. The number of aromatic nitrogens is 2. The van der Waals surface area contributed by atoms with Crippen LogP contribution >= 0.6 is 0 Å². The first-order valence-corrected chi connectivity index (χ1v) is 6.08. The Hall–Kier alpha value is -2.14. The van der Waals surface area contributed by atoms with Gasteiger partial charge in [0, 0.05) is 12.6 Å². The topological polar surface area (TPSA) is 73.1 Å². The number of rotatable bonds is 5. The molecule has 1 aromatic carbocycles. The number of nitrogens with zero attached hydrogens (tertiary/aromatic N) is 2. The van der Waals surface area contributed by atoms with E-state index >= 15 is 0 Å². The summed E-state index contributed by atoms with van der Waals surface area (Å²) in [7, 11) is 1.57. The Kier molecular flexibility index (Phi) is 3.97. The minimum absolute atomic E-state index is 0.388. The van der Waals surface area contributed by atoms with E-state index in [4.69, 9.17) is 10.5 Å². The molecule has 100 valence electrons. The zero-order valence-corrected chi connectivity index (χ0v) is 11.1. The van der Waals surface area contributed by atoms with Gasteiger partial charge in [0.1, 0.15) is 12.1 Å². The molecule has 0 aliphatic heterocycles. The highest BCUT2D eigenvalue weighted by molar-refractivity contribution is 5.43. The van der Waals surface area contributed by atoms with Crippen LogP contribution in [0.15, 0.2) is 42.7 Å². The van der Waals surface area contributed by atoms with Gasteiger partial charge in [-0.3, -0.25) is 0 Å². The van der Waals surface area contributed by atoms with Crippen LogP contribution in [0, 0.1) is 0 Å². The summed E-state index contributed by atoms with van der Waals surface area (Å²) >= 11 is 0. The highest BCUT2D eigenvalue weighted by Crippen LogP contribution is 2.24. The fourth-order valence-corrected chi connectivity index (χ4v) is 1.85. The summed E-state index contributed by atoms with van der Waals surface area (Å²) < 4.78 is 5.09. The molecule has 3 N–H and O–H groups in total. The molecule has 1 aromatic heterocycles. The summed E-state index contributed by atoms with van der Waals surface area (Å²) in [6.07, 6.45) is 1.46. The summed E-state index contributed by atoms with van der Waals surface area (Å²) in [5, 5.41) is 3.34. The second-order valence-corrected chi connectivity index (χ2v) is 4.47. The lowest BCUT2D eigenvalue weighted by Crippen LogP contribution is -2.39. The van der Waals surface area contributed by atoms with Crippen molar-refractivity contribution in [2.75, 3.05) is 19.0 Å². The molecule has 0 radical (unpaired) electrons. The van der Waals surface area contributed by atoms with Gasteiger partial charge in [-0.1, -0.05) is 30.3 Å². The number of ether oxygens (including phenoxy) is 1. The van der Waals surface area contributed by atoms with Crippen LogP contribution in [-0.2, 0) is 5.54 Å². The van der Waals surface area contributed by atoms with Crippen LogP contribution in [0.2, 0.25) is 0 Å². The fourth-order valence-electron chi connectivity index (χ4n) is 1.85. The van der Waals surface area contributed by atoms with Crippen molar-refractivity contribution in [3.05, 3.63) is 48.3 Å². The van der Waals surface area contributed by atoms with Crippen LogP contribution in [0.25, 0.3) is 0 Å². The lowest BCUT2D eigenvalue weighted by Gasteiger charge is -2.30. The summed E-state index contributed by atoms with van der Waals surface area (Å²) in [4.78, 5) is 8.17. The Balaban J connectivity index is 2.27. The van der Waals surface area contributed by atoms with Crippen LogP contribution < -0.4 is 15.8 Å². The number of methoxy groups -OCH3 is 1. The van der Waals surface area contributed by atoms with Crippen molar-refractivity contribution in [1.29, 1.82) is 0 Å². The fraction of sp³-hybridized carbons (Fsp3) is 0.286. The van der Waals surface area contributed by atoms with E-state index in [1.54, 1.807) is 13.2 Å². The van der Waals surface area contributed by atoms with Gasteiger partial charge in [-0.05, 0) is 12.5 Å². The molecule has 0 saturated heterocycles. The largest absolute Gasteiger partial charge is 0.481 e. The Morgan fingerprint density at radius 3 is 2.63 bits per heavy atom. The molecule has 5 nitrogen and oxygen atoms in total. The number of anilines is 1. The first-order valence-electron chi connectivity index (χ1n) is 6.08. The van der Waals surface area contributed by atoms with Crippen molar-refractivity contribution in [3.63, 3.8) is 0 Å². The molecule has 1 atom stereocenters. The van der Waals surface area contributed by atoms with Crippen molar-refractivity contribution in [2.45, 2.75) is 12.5 Å². The molecule has 0 saturated carbocycles. The minimum atomic E-state index is -0.388. The molecular weight excluding hydrogens is 240 g/mol. The smallest absolute Gasteiger partial charge is 0.218 e. The summed E-state index contributed by atoms with van der Waals surface area (Å²) in [6.45, 7) is 2.49. The van der Waals surface area contributed by atoms with Crippen molar-refractivity contribution in [1.82, 2.24) is 9.97 Å². The lowest BCUT2D eigenvalue weighted by atomic mass is 9.92. The molecule has 1 heterocycles. The molecule has 0 spiro atoms. The van der Waals surface area contributed by atoms with E-state index < -0.39 is 0 Å². The molecular formula is C14H18N4O. The van der Waals surface area contributed by atoms with Gasteiger partial charge < -0.3 is 15.8 Å². The normalized spacial score (nSPS) is 13.6. The van der Waals surface area contributed by atoms with Crippen LogP contribution in [0.5, 0.6) is 5.88 Å². The van der Waals surface area contributed by atoms with Crippen LogP contribution in [-0.4, -0.2) is 23.6 Å². The Morgan fingerprint density at radius 2 is 2.00 bits per heavy atom. The van der Waals surface area contributed by atoms with Crippen LogP contribution in [0.3, 0.4) is 0 Å². The highest BCUT2D eigenvalue weighted by atomic mass is 16.5. The van der Waals surface area contributed by atoms with Gasteiger partial charge in [0.2, 0.25) is 5.88 Å². The Bertz CT molecular complexity index is 532. The molecule has 0 bridgehead atoms. The number of benzene rings is 1. The summed E-state index contributed by atoms with van der Waals surface area (Å²) in [6, 6.07) is 11.8. The molecule has 2 aromatic rings. The molecule has 1 unspecified atom stereocenters. The van der Waals surface area contributed by atoms with E-state index in [1.807, 2.05) is 37.3 Å². The minimum Gasteiger partial charge on any atom is -0.481 e. The third-order valence-electron chi connectivity index (χ3n) is 3.07. The predicted octanol–water partition coefficient (Wildman–Crippen LogP) is 1.77. The maximum atomic E-state index is 5.92. The number of hydrogen-bond donors (Lipinski definition) is 2. The molecule has 0 amide bonds. The first kappa shape index (κ1) is 13.3. The third kappa shape index (κ3) is 3.00. The van der Waals surface area contributed by atoms with E-state index in [1.165, 1.54) is 6.33 Å². The van der Waals surface area contributed by atoms with E-state index in [9.17, 15) is 0 Å². The average Bonchev–Trinajstić information content (AvgIpc) is 2.48. The van der Waals surface area contributed by atoms with Gasteiger partial charge in [-0.15, -0.1) is 0 Å². The second-order valence-electron chi connectivity index (χ2n) is 4.47. The van der Waals surface area contributed by atoms with Gasteiger partial charge in [-0.25, -0.2) is 9.97 Å². The number of nitrogens with two attached hydrogens (primary N) is 1. The van der Waals surface area contributed by atoms with Crippen LogP contribution in [0.4, 0.5) is 5.82 Å². The van der Waals surface area contributed by atoms with Gasteiger partial charge in [-0.2, -0.15) is 0 Å². The monoisotopic (exact) mass is 258 g/mol. The zero-order chi connectivity index (χ0) is 13.7. The standard InChI is InChI=1S/C14H18N4O/c1-14(9-15,11-6-4-3-5-7-11)18-12-8-13(19-2)17-10-16-12/h3-8,10H,9,15H2,1-2H3,(H,16,17,18). The van der Waals surface area contributed by atoms with Gasteiger partial charge in [0.25, 0.3) is 0 Å². The molecule has 5 heteroatoms. The Labute approximate surface area is 112 Å². The predicted molar refractivity (Wildman–Crippen MR) is 75.1 cm³/mol. The lowest BCUT2D eigenvalue weighted by molar-refractivity contribution is 0.396. The quantitative estimate of drug-likeness (QED) is 0.855. The SMILES string of the molecule is COc1cc(NC(C)(CN)c2ccccc2)ncn1. The maximum Gasteiger partial charge on any atom is 0.218 e. The van der Waals surface area contributed by atoms with Gasteiger partial charge in [0.05, 0.1) is 12.6 Å². The van der Waals surface area contributed by atoms with Crippen molar-refractivity contribution in [3.8, 4) is 5.88 Å². The van der Waals surface area contributed by atoms with Gasteiger partial charge >= 0.3 is 0 Å². The maximum absolute atomic E-state index is 5.92. The summed E-state index contributed by atoms with van der Waals surface area (Å²) in [5.74, 6) is 1.20. The van der Waals surface area contributed by atoms with Crippen LogP contribution in [0.1, 0.15) is 12.5 Å². The van der Waals surface area contributed by atoms with Gasteiger partial charge in [0.15, 0.2) is 0 Å². The second kappa shape index (κ2) is 5.67.